The van der Waals surface area contributed by atoms with E-state index in [-0.39, 0.29) is 5.91 Å². The van der Waals surface area contributed by atoms with E-state index in [9.17, 15) is 4.79 Å². The standard InChI is InChI=1S/C15H14N2O/c16-14-8-4-3-7-13(14)15(18)17-9-11-5-1-2-6-12(11)10-17/h1-8H,9-10,16H2. The molecule has 0 aliphatic carbocycles. The van der Waals surface area contributed by atoms with E-state index < -0.39 is 0 Å². The smallest absolute Gasteiger partial charge is 0.256 e. The Labute approximate surface area is 106 Å². The van der Waals surface area contributed by atoms with E-state index in [0.29, 0.717) is 24.3 Å². The number of amides is 1. The first-order chi connectivity index (χ1) is 8.75. The van der Waals surface area contributed by atoms with E-state index in [1.807, 2.05) is 29.2 Å². The highest BCUT2D eigenvalue weighted by Gasteiger charge is 2.24. The van der Waals surface area contributed by atoms with Gasteiger partial charge in [0.05, 0.1) is 5.56 Å². The van der Waals surface area contributed by atoms with Crippen LogP contribution in [0.2, 0.25) is 0 Å². The van der Waals surface area contributed by atoms with Crippen molar-refractivity contribution in [2.45, 2.75) is 13.1 Å². The van der Waals surface area contributed by atoms with Gasteiger partial charge in [-0.2, -0.15) is 0 Å². The van der Waals surface area contributed by atoms with Crippen molar-refractivity contribution in [1.82, 2.24) is 4.90 Å². The maximum Gasteiger partial charge on any atom is 0.256 e. The Morgan fingerprint density at radius 3 is 2.11 bits per heavy atom. The van der Waals surface area contributed by atoms with Gasteiger partial charge >= 0.3 is 0 Å². The van der Waals surface area contributed by atoms with Crippen molar-refractivity contribution in [3.05, 3.63) is 65.2 Å². The fourth-order valence-electron chi connectivity index (χ4n) is 2.34. The zero-order valence-corrected chi connectivity index (χ0v) is 9.97. The predicted octanol–water partition coefficient (Wildman–Crippen LogP) is 2.42. The van der Waals surface area contributed by atoms with Gasteiger partial charge in [0.2, 0.25) is 0 Å². The highest BCUT2D eigenvalue weighted by atomic mass is 16.2. The molecule has 0 atom stereocenters. The monoisotopic (exact) mass is 238 g/mol. The molecule has 0 saturated heterocycles. The number of nitrogens with two attached hydrogens (primary N) is 1. The van der Waals surface area contributed by atoms with Gasteiger partial charge in [0.15, 0.2) is 0 Å². The maximum atomic E-state index is 12.4. The summed E-state index contributed by atoms with van der Waals surface area (Å²) in [4.78, 5) is 14.2. The van der Waals surface area contributed by atoms with Crippen LogP contribution in [0, 0.1) is 0 Å². The molecule has 3 nitrogen and oxygen atoms in total. The first-order valence-electron chi connectivity index (χ1n) is 5.96. The van der Waals surface area contributed by atoms with Gasteiger partial charge in [-0.3, -0.25) is 4.79 Å². The maximum absolute atomic E-state index is 12.4. The average molecular weight is 238 g/mol. The summed E-state index contributed by atoms with van der Waals surface area (Å²) in [7, 11) is 0. The van der Waals surface area contributed by atoms with Gasteiger partial charge in [-0.05, 0) is 23.3 Å². The molecule has 2 N–H and O–H groups in total. The topological polar surface area (TPSA) is 46.3 Å². The third kappa shape index (κ3) is 1.74. The van der Waals surface area contributed by atoms with Gasteiger partial charge in [0, 0.05) is 18.8 Å². The summed E-state index contributed by atoms with van der Waals surface area (Å²) in [6, 6.07) is 15.4. The lowest BCUT2D eigenvalue weighted by molar-refractivity contribution is 0.0752. The number of para-hydroxylation sites is 1. The largest absolute Gasteiger partial charge is 0.398 e. The minimum Gasteiger partial charge on any atom is -0.398 e. The van der Waals surface area contributed by atoms with Gasteiger partial charge in [0.25, 0.3) is 5.91 Å². The van der Waals surface area contributed by atoms with E-state index in [0.717, 1.165) is 0 Å². The third-order valence-electron chi connectivity index (χ3n) is 3.32. The van der Waals surface area contributed by atoms with E-state index in [2.05, 4.69) is 12.1 Å². The number of benzene rings is 2. The van der Waals surface area contributed by atoms with E-state index in [4.69, 9.17) is 5.73 Å². The second kappa shape index (κ2) is 4.18. The highest BCUT2D eigenvalue weighted by molar-refractivity contribution is 5.99. The molecule has 0 aromatic heterocycles. The van der Waals surface area contributed by atoms with Crippen LogP contribution >= 0.6 is 0 Å². The predicted molar refractivity (Wildman–Crippen MR) is 70.9 cm³/mol. The lowest BCUT2D eigenvalue weighted by Gasteiger charge is -2.16. The van der Waals surface area contributed by atoms with Crippen LogP contribution in [0.4, 0.5) is 5.69 Å². The van der Waals surface area contributed by atoms with Gasteiger partial charge in [0.1, 0.15) is 0 Å². The van der Waals surface area contributed by atoms with Crippen LogP contribution in [0.25, 0.3) is 0 Å². The lowest BCUT2D eigenvalue weighted by atomic mass is 10.1. The van der Waals surface area contributed by atoms with Crippen molar-refractivity contribution in [3.8, 4) is 0 Å². The van der Waals surface area contributed by atoms with Crippen LogP contribution in [0.5, 0.6) is 0 Å². The summed E-state index contributed by atoms with van der Waals surface area (Å²) in [6.07, 6.45) is 0. The fraction of sp³-hybridized carbons (Fsp3) is 0.133. The zero-order valence-electron chi connectivity index (χ0n) is 9.97. The molecule has 1 aliphatic heterocycles. The number of nitrogen functional groups attached to an aromatic ring is 1. The Hall–Kier alpha value is -2.29. The molecule has 0 radical (unpaired) electrons. The van der Waals surface area contributed by atoms with Crippen LogP contribution in [0.15, 0.2) is 48.5 Å². The number of fused-ring (bicyclic) bond motifs is 1. The molecule has 90 valence electrons. The van der Waals surface area contributed by atoms with Gasteiger partial charge in [-0.15, -0.1) is 0 Å². The number of anilines is 1. The Balaban J connectivity index is 1.87. The number of carbonyl (C=O) groups is 1. The molecule has 0 unspecified atom stereocenters. The van der Waals surface area contributed by atoms with Crippen LogP contribution in [-0.2, 0) is 13.1 Å². The molecule has 2 aromatic carbocycles. The minimum atomic E-state index is 0.00398. The van der Waals surface area contributed by atoms with Crippen molar-refractivity contribution < 1.29 is 4.79 Å². The average Bonchev–Trinajstić information content (AvgIpc) is 2.82. The van der Waals surface area contributed by atoms with Gasteiger partial charge < -0.3 is 10.6 Å². The SMILES string of the molecule is Nc1ccccc1C(=O)N1Cc2ccccc2C1. The van der Waals surface area contributed by atoms with Crippen molar-refractivity contribution in [2.75, 3.05) is 5.73 Å². The summed E-state index contributed by atoms with van der Waals surface area (Å²) in [5, 5.41) is 0. The van der Waals surface area contributed by atoms with Crippen molar-refractivity contribution in [3.63, 3.8) is 0 Å². The van der Waals surface area contributed by atoms with E-state index >= 15 is 0 Å². The number of hydrogen-bond donors (Lipinski definition) is 1. The minimum absolute atomic E-state index is 0.00398. The van der Waals surface area contributed by atoms with Gasteiger partial charge in [-0.25, -0.2) is 0 Å². The molecule has 2 aromatic rings. The van der Waals surface area contributed by atoms with E-state index in [1.165, 1.54) is 11.1 Å². The molecule has 3 rings (SSSR count). The van der Waals surface area contributed by atoms with E-state index in [1.54, 1.807) is 12.1 Å². The summed E-state index contributed by atoms with van der Waals surface area (Å²) in [6.45, 7) is 1.34. The molecule has 0 bridgehead atoms. The fourth-order valence-corrected chi connectivity index (χ4v) is 2.34. The molecule has 1 amide bonds. The Morgan fingerprint density at radius 1 is 0.944 bits per heavy atom. The number of rotatable bonds is 1. The number of carbonyl (C=O) groups excluding carboxylic acids is 1. The number of nitrogens with zero attached hydrogens (tertiary/aromatic N) is 1. The van der Waals surface area contributed by atoms with Crippen LogP contribution < -0.4 is 5.73 Å². The molecule has 3 heteroatoms. The summed E-state index contributed by atoms with van der Waals surface area (Å²) in [5.41, 5.74) is 9.42. The first-order valence-corrected chi connectivity index (χ1v) is 5.96. The van der Waals surface area contributed by atoms with Crippen molar-refractivity contribution in [2.24, 2.45) is 0 Å². The summed E-state index contributed by atoms with van der Waals surface area (Å²) < 4.78 is 0. The molecular weight excluding hydrogens is 224 g/mol. The molecule has 18 heavy (non-hydrogen) atoms. The van der Waals surface area contributed by atoms with Crippen molar-refractivity contribution in [1.29, 1.82) is 0 Å². The second-order valence-corrected chi connectivity index (χ2v) is 4.52. The first kappa shape index (κ1) is 10.8. The number of hydrogen-bond acceptors (Lipinski definition) is 2. The Bertz CT molecular complexity index is 582. The molecule has 0 fully saturated rings. The Morgan fingerprint density at radius 2 is 1.50 bits per heavy atom. The molecular formula is C15H14N2O. The quantitative estimate of drug-likeness (QED) is 0.775. The molecule has 1 heterocycles. The normalized spacial score (nSPS) is 13.4. The van der Waals surface area contributed by atoms with Crippen molar-refractivity contribution >= 4 is 11.6 Å². The lowest BCUT2D eigenvalue weighted by Crippen LogP contribution is -2.26. The van der Waals surface area contributed by atoms with Crippen LogP contribution in [0.3, 0.4) is 0 Å². The second-order valence-electron chi connectivity index (χ2n) is 4.52. The van der Waals surface area contributed by atoms with Crippen LogP contribution in [0.1, 0.15) is 21.5 Å². The van der Waals surface area contributed by atoms with Crippen LogP contribution in [-0.4, -0.2) is 10.8 Å². The third-order valence-corrected chi connectivity index (χ3v) is 3.32. The Kier molecular flexibility index (Phi) is 2.52. The summed E-state index contributed by atoms with van der Waals surface area (Å²) in [5.74, 6) is 0.00398. The summed E-state index contributed by atoms with van der Waals surface area (Å²) >= 11 is 0. The van der Waals surface area contributed by atoms with Gasteiger partial charge in [-0.1, -0.05) is 36.4 Å². The molecule has 1 aliphatic rings. The molecule has 0 saturated carbocycles. The zero-order chi connectivity index (χ0) is 12.5. The highest BCUT2D eigenvalue weighted by Crippen LogP contribution is 2.25. The molecule has 0 spiro atoms.